The summed E-state index contributed by atoms with van der Waals surface area (Å²) in [6, 6.07) is 1.97. The van der Waals surface area contributed by atoms with Gasteiger partial charge in [-0.2, -0.15) is 0 Å². The van der Waals surface area contributed by atoms with E-state index in [9.17, 15) is 0 Å². The van der Waals surface area contributed by atoms with E-state index in [0.29, 0.717) is 5.92 Å². The van der Waals surface area contributed by atoms with Crippen LogP contribution in [0.3, 0.4) is 0 Å². The highest BCUT2D eigenvalue weighted by Gasteiger charge is 2.22. The summed E-state index contributed by atoms with van der Waals surface area (Å²) in [6.07, 6.45) is 0. The molecule has 0 aliphatic carbocycles. The average Bonchev–Trinajstić information content (AvgIpc) is 2.26. The average molecular weight is 250 g/mol. The Kier molecular flexibility index (Phi) is 4.93. The topological polar surface area (TPSA) is 49.8 Å². The van der Waals surface area contributed by atoms with Gasteiger partial charge in [0.2, 0.25) is 0 Å². The first-order valence-electron chi connectivity index (χ1n) is 6.68. The van der Waals surface area contributed by atoms with Gasteiger partial charge < -0.3 is 10.6 Å². The van der Waals surface area contributed by atoms with Crippen molar-refractivity contribution in [2.24, 2.45) is 11.3 Å². The fourth-order valence-electron chi connectivity index (χ4n) is 1.45. The monoisotopic (exact) mass is 250 g/mol. The molecule has 1 rings (SSSR count). The van der Waals surface area contributed by atoms with Crippen molar-refractivity contribution in [3.63, 3.8) is 0 Å². The molecule has 1 aromatic rings. The first-order chi connectivity index (χ1) is 8.35. The van der Waals surface area contributed by atoms with Gasteiger partial charge in [0.25, 0.3) is 0 Å². The molecule has 4 heteroatoms. The predicted molar refractivity (Wildman–Crippen MR) is 78.0 cm³/mol. The maximum absolute atomic E-state index is 4.42. The third-order valence-corrected chi connectivity index (χ3v) is 3.48. The van der Waals surface area contributed by atoms with Gasteiger partial charge in [0, 0.05) is 19.2 Å². The third kappa shape index (κ3) is 4.17. The number of nitrogens with one attached hydrogen (secondary N) is 2. The van der Waals surface area contributed by atoms with Crippen LogP contribution in [-0.4, -0.2) is 23.1 Å². The van der Waals surface area contributed by atoms with E-state index < -0.39 is 0 Å². The normalized spacial score (nSPS) is 11.7. The van der Waals surface area contributed by atoms with E-state index in [1.807, 2.05) is 13.0 Å². The summed E-state index contributed by atoms with van der Waals surface area (Å²) in [7, 11) is 0. The summed E-state index contributed by atoms with van der Waals surface area (Å²) in [5, 5.41) is 6.63. The molecule has 0 saturated heterocycles. The van der Waals surface area contributed by atoms with E-state index in [-0.39, 0.29) is 5.41 Å². The summed E-state index contributed by atoms with van der Waals surface area (Å²) in [5.74, 6) is 3.20. The predicted octanol–water partition coefficient (Wildman–Crippen LogP) is 3.31. The van der Waals surface area contributed by atoms with Gasteiger partial charge in [0.05, 0.1) is 0 Å². The molecule has 0 aliphatic rings. The lowest BCUT2D eigenvalue weighted by molar-refractivity contribution is 0.269. The molecule has 102 valence electrons. The standard InChI is InChI=1S/C14H26N4/c1-7-15-12-8-13(18-11(4)17-12)16-9-14(5,6)10(2)3/h8,10H,7,9H2,1-6H3,(H2,15,16,17,18). The van der Waals surface area contributed by atoms with Gasteiger partial charge in [0.15, 0.2) is 0 Å². The molecule has 4 nitrogen and oxygen atoms in total. The van der Waals surface area contributed by atoms with Crippen molar-refractivity contribution in [2.45, 2.75) is 41.5 Å². The molecular weight excluding hydrogens is 224 g/mol. The first-order valence-corrected chi connectivity index (χ1v) is 6.68. The number of hydrogen-bond donors (Lipinski definition) is 2. The van der Waals surface area contributed by atoms with Crippen LogP contribution in [0.15, 0.2) is 6.07 Å². The summed E-state index contributed by atoms with van der Waals surface area (Å²) in [4.78, 5) is 8.76. The lowest BCUT2D eigenvalue weighted by Gasteiger charge is -2.29. The molecule has 0 radical (unpaired) electrons. The Labute approximate surface area is 111 Å². The van der Waals surface area contributed by atoms with E-state index in [2.05, 4.69) is 55.2 Å². The van der Waals surface area contributed by atoms with Gasteiger partial charge in [0.1, 0.15) is 17.5 Å². The van der Waals surface area contributed by atoms with Gasteiger partial charge >= 0.3 is 0 Å². The lowest BCUT2D eigenvalue weighted by atomic mass is 9.81. The molecule has 1 heterocycles. The highest BCUT2D eigenvalue weighted by atomic mass is 15.1. The van der Waals surface area contributed by atoms with Crippen molar-refractivity contribution in [2.75, 3.05) is 23.7 Å². The maximum Gasteiger partial charge on any atom is 0.131 e. The largest absolute Gasteiger partial charge is 0.370 e. The van der Waals surface area contributed by atoms with E-state index in [1.165, 1.54) is 0 Å². The molecule has 18 heavy (non-hydrogen) atoms. The van der Waals surface area contributed by atoms with Crippen LogP contribution in [0.4, 0.5) is 11.6 Å². The van der Waals surface area contributed by atoms with Crippen molar-refractivity contribution >= 4 is 11.6 Å². The third-order valence-electron chi connectivity index (χ3n) is 3.48. The summed E-state index contributed by atoms with van der Waals surface area (Å²) in [5.41, 5.74) is 0.247. The number of rotatable bonds is 6. The molecule has 2 N–H and O–H groups in total. The molecule has 0 atom stereocenters. The van der Waals surface area contributed by atoms with Crippen LogP contribution in [0, 0.1) is 18.3 Å². The quantitative estimate of drug-likeness (QED) is 0.813. The van der Waals surface area contributed by atoms with Crippen molar-refractivity contribution in [1.29, 1.82) is 0 Å². The molecule has 0 saturated carbocycles. The Balaban J connectivity index is 2.73. The second-order valence-corrected chi connectivity index (χ2v) is 5.71. The second-order valence-electron chi connectivity index (χ2n) is 5.71. The van der Waals surface area contributed by atoms with Crippen LogP contribution in [-0.2, 0) is 0 Å². The van der Waals surface area contributed by atoms with Gasteiger partial charge in [-0.05, 0) is 25.2 Å². The molecule has 0 amide bonds. The Morgan fingerprint density at radius 1 is 1.17 bits per heavy atom. The molecule has 0 aromatic carbocycles. The Hall–Kier alpha value is -1.32. The van der Waals surface area contributed by atoms with Crippen LogP contribution in [0.1, 0.15) is 40.4 Å². The molecule has 0 spiro atoms. The molecule has 0 bridgehead atoms. The smallest absolute Gasteiger partial charge is 0.131 e. The van der Waals surface area contributed by atoms with E-state index >= 15 is 0 Å². The van der Waals surface area contributed by atoms with Crippen molar-refractivity contribution in [3.8, 4) is 0 Å². The van der Waals surface area contributed by atoms with Gasteiger partial charge in [-0.1, -0.05) is 27.7 Å². The summed E-state index contributed by atoms with van der Waals surface area (Å²) >= 11 is 0. The fourth-order valence-corrected chi connectivity index (χ4v) is 1.45. The molecule has 1 aromatic heterocycles. The summed E-state index contributed by atoms with van der Waals surface area (Å²) in [6.45, 7) is 14.8. The minimum Gasteiger partial charge on any atom is -0.370 e. The molecule has 0 fully saturated rings. The minimum atomic E-state index is 0.247. The molecular formula is C14H26N4. The van der Waals surface area contributed by atoms with Crippen LogP contribution >= 0.6 is 0 Å². The number of nitrogens with zero attached hydrogens (tertiary/aromatic N) is 2. The zero-order valence-electron chi connectivity index (χ0n) is 12.5. The summed E-state index contributed by atoms with van der Waals surface area (Å²) < 4.78 is 0. The Morgan fingerprint density at radius 3 is 2.22 bits per heavy atom. The van der Waals surface area contributed by atoms with E-state index in [4.69, 9.17) is 0 Å². The second kappa shape index (κ2) is 6.03. The van der Waals surface area contributed by atoms with Crippen LogP contribution in [0.2, 0.25) is 0 Å². The zero-order valence-corrected chi connectivity index (χ0v) is 12.5. The van der Waals surface area contributed by atoms with Crippen LogP contribution in [0.25, 0.3) is 0 Å². The van der Waals surface area contributed by atoms with E-state index in [1.54, 1.807) is 0 Å². The van der Waals surface area contributed by atoms with Crippen LogP contribution < -0.4 is 10.6 Å². The minimum absolute atomic E-state index is 0.247. The van der Waals surface area contributed by atoms with Gasteiger partial charge in [-0.3, -0.25) is 0 Å². The molecule has 0 aliphatic heterocycles. The SMILES string of the molecule is CCNc1cc(NCC(C)(C)C(C)C)nc(C)n1. The number of hydrogen-bond acceptors (Lipinski definition) is 4. The number of aryl methyl sites for hydroxylation is 1. The van der Waals surface area contributed by atoms with Gasteiger partial charge in [-0.25, -0.2) is 9.97 Å². The zero-order chi connectivity index (χ0) is 13.8. The Morgan fingerprint density at radius 2 is 1.72 bits per heavy atom. The van der Waals surface area contributed by atoms with E-state index in [0.717, 1.165) is 30.5 Å². The van der Waals surface area contributed by atoms with Crippen LogP contribution in [0.5, 0.6) is 0 Å². The lowest BCUT2D eigenvalue weighted by Crippen LogP contribution is -2.28. The highest BCUT2D eigenvalue weighted by molar-refractivity contribution is 5.47. The number of anilines is 2. The van der Waals surface area contributed by atoms with Crippen molar-refractivity contribution in [1.82, 2.24) is 9.97 Å². The van der Waals surface area contributed by atoms with Crippen molar-refractivity contribution in [3.05, 3.63) is 11.9 Å². The number of aromatic nitrogens is 2. The Bertz CT molecular complexity index is 385. The molecule has 0 unspecified atom stereocenters. The van der Waals surface area contributed by atoms with Gasteiger partial charge in [-0.15, -0.1) is 0 Å². The van der Waals surface area contributed by atoms with Crippen molar-refractivity contribution < 1.29 is 0 Å². The maximum atomic E-state index is 4.42. The first kappa shape index (κ1) is 14.7. The fraction of sp³-hybridized carbons (Fsp3) is 0.714. The highest BCUT2D eigenvalue weighted by Crippen LogP contribution is 2.26.